The molecule has 0 amide bonds. The van der Waals surface area contributed by atoms with Crippen molar-refractivity contribution in [2.24, 2.45) is 0 Å². The van der Waals surface area contributed by atoms with Gasteiger partial charge in [0.1, 0.15) is 5.54 Å². The molecule has 0 aromatic carbocycles. The first-order valence-electron chi connectivity index (χ1n) is 5.16. The molecule has 0 aromatic heterocycles. The van der Waals surface area contributed by atoms with Gasteiger partial charge in [-0.15, -0.1) is 6.58 Å². The second kappa shape index (κ2) is 6.60. The predicted octanol–water partition coefficient (Wildman–Crippen LogP) is 2.19. The fraction of sp³-hybridized carbons (Fsp3) is 0.727. The van der Waals surface area contributed by atoms with E-state index in [1.54, 1.807) is 6.92 Å². The largest absolute Gasteiger partial charge is 0.480 e. The second-order valence-electron chi connectivity index (χ2n) is 3.74. The molecule has 0 aromatic rings. The van der Waals surface area contributed by atoms with E-state index in [4.69, 9.17) is 5.11 Å². The van der Waals surface area contributed by atoms with Gasteiger partial charge in [-0.1, -0.05) is 19.4 Å². The van der Waals surface area contributed by atoms with Gasteiger partial charge < -0.3 is 10.4 Å². The highest BCUT2D eigenvalue weighted by Crippen LogP contribution is 2.12. The zero-order chi connectivity index (χ0) is 11.0. The first-order valence-corrected chi connectivity index (χ1v) is 5.16. The van der Waals surface area contributed by atoms with Crippen molar-refractivity contribution in [1.82, 2.24) is 5.32 Å². The van der Waals surface area contributed by atoms with Gasteiger partial charge in [-0.05, 0) is 32.7 Å². The summed E-state index contributed by atoms with van der Waals surface area (Å²) in [6, 6.07) is 0. The van der Waals surface area contributed by atoms with Crippen LogP contribution >= 0.6 is 0 Å². The summed E-state index contributed by atoms with van der Waals surface area (Å²) >= 11 is 0. The highest BCUT2D eigenvalue weighted by Gasteiger charge is 2.30. The Bertz CT molecular complexity index is 192. The molecule has 0 fully saturated rings. The number of carboxylic acids is 1. The summed E-state index contributed by atoms with van der Waals surface area (Å²) < 4.78 is 0. The van der Waals surface area contributed by atoms with Gasteiger partial charge in [0, 0.05) is 0 Å². The number of rotatable bonds is 8. The molecule has 0 radical (unpaired) electrons. The van der Waals surface area contributed by atoms with Crippen LogP contribution in [0, 0.1) is 0 Å². The highest BCUT2D eigenvalue weighted by molar-refractivity contribution is 5.78. The van der Waals surface area contributed by atoms with Crippen LogP contribution in [0.4, 0.5) is 0 Å². The molecule has 0 rings (SSSR count). The molecule has 3 nitrogen and oxygen atoms in total. The van der Waals surface area contributed by atoms with Gasteiger partial charge in [0.05, 0.1) is 0 Å². The van der Waals surface area contributed by atoms with Crippen molar-refractivity contribution >= 4 is 5.97 Å². The number of aliphatic carboxylic acids is 1. The normalized spacial score (nSPS) is 14.7. The monoisotopic (exact) mass is 199 g/mol. The van der Waals surface area contributed by atoms with Crippen molar-refractivity contribution in [3.63, 3.8) is 0 Å². The van der Waals surface area contributed by atoms with E-state index in [1.807, 2.05) is 13.0 Å². The minimum Gasteiger partial charge on any atom is -0.480 e. The van der Waals surface area contributed by atoms with Gasteiger partial charge in [-0.3, -0.25) is 4.79 Å². The van der Waals surface area contributed by atoms with E-state index in [-0.39, 0.29) is 0 Å². The molecule has 0 saturated carbocycles. The van der Waals surface area contributed by atoms with E-state index in [0.717, 1.165) is 25.8 Å². The Morgan fingerprint density at radius 1 is 1.64 bits per heavy atom. The van der Waals surface area contributed by atoms with Gasteiger partial charge in [-0.2, -0.15) is 0 Å². The molecule has 0 aliphatic heterocycles. The lowest BCUT2D eigenvalue weighted by Gasteiger charge is -2.25. The molecule has 0 spiro atoms. The number of hydrogen-bond acceptors (Lipinski definition) is 2. The summed E-state index contributed by atoms with van der Waals surface area (Å²) in [4.78, 5) is 11.0. The molecule has 0 heterocycles. The van der Waals surface area contributed by atoms with Crippen LogP contribution in [0.1, 0.15) is 39.5 Å². The summed E-state index contributed by atoms with van der Waals surface area (Å²) in [5.74, 6) is -0.766. The SMILES string of the molecule is C=CCCCNC(C)(CCC)C(=O)O. The van der Waals surface area contributed by atoms with Crippen molar-refractivity contribution in [3.05, 3.63) is 12.7 Å². The first-order chi connectivity index (χ1) is 6.56. The number of hydrogen-bond donors (Lipinski definition) is 2. The maximum absolute atomic E-state index is 11.0. The van der Waals surface area contributed by atoms with E-state index in [2.05, 4.69) is 11.9 Å². The zero-order valence-electron chi connectivity index (χ0n) is 9.18. The molecule has 82 valence electrons. The van der Waals surface area contributed by atoms with Crippen molar-refractivity contribution in [2.75, 3.05) is 6.54 Å². The van der Waals surface area contributed by atoms with Gasteiger partial charge in [-0.25, -0.2) is 0 Å². The molecule has 14 heavy (non-hydrogen) atoms. The van der Waals surface area contributed by atoms with Crippen LogP contribution in [0.2, 0.25) is 0 Å². The number of unbranched alkanes of at least 4 members (excludes halogenated alkanes) is 1. The maximum Gasteiger partial charge on any atom is 0.323 e. The molecular weight excluding hydrogens is 178 g/mol. The van der Waals surface area contributed by atoms with Gasteiger partial charge in [0.15, 0.2) is 0 Å². The number of nitrogens with one attached hydrogen (secondary N) is 1. The highest BCUT2D eigenvalue weighted by atomic mass is 16.4. The van der Waals surface area contributed by atoms with Crippen LogP contribution in [-0.4, -0.2) is 23.2 Å². The van der Waals surface area contributed by atoms with Crippen LogP contribution < -0.4 is 5.32 Å². The van der Waals surface area contributed by atoms with Crippen molar-refractivity contribution in [2.45, 2.75) is 45.1 Å². The lowest BCUT2D eigenvalue weighted by Crippen LogP contribution is -2.49. The summed E-state index contributed by atoms with van der Waals surface area (Å²) in [7, 11) is 0. The van der Waals surface area contributed by atoms with E-state index in [0.29, 0.717) is 6.42 Å². The number of carboxylic acid groups (broad SMARTS) is 1. The third-order valence-corrected chi connectivity index (χ3v) is 2.32. The van der Waals surface area contributed by atoms with Crippen molar-refractivity contribution in [3.8, 4) is 0 Å². The van der Waals surface area contributed by atoms with Crippen molar-refractivity contribution < 1.29 is 9.90 Å². The van der Waals surface area contributed by atoms with E-state index in [1.165, 1.54) is 0 Å². The molecule has 0 saturated heterocycles. The Kier molecular flexibility index (Phi) is 6.21. The Labute approximate surface area is 86.2 Å². The summed E-state index contributed by atoms with van der Waals surface area (Å²) in [5.41, 5.74) is -0.768. The minimum absolute atomic E-state index is 0.663. The predicted molar refractivity (Wildman–Crippen MR) is 58.4 cm³/mol. The maximum atomic E-state index is 11.0. The van der Waals surface area contributed by atoms with E-state index >= 15 is 0 Å². The standard InChI is InChI=1S/C11H21NO2/c1-4-6-7-9-12-11(3,8-5-2)10(13)14/h4,12H,1,5-9H2,2-3H3,(H,13,14). The second-order valence-corrected chi connectivity index (χ2v) is 3.74. The Balaban J connectivity index is 3.96. The topological polar surface area (TPSA) is 49.3 Å². The average molecular weight is 199 g/mol. The lowest BCUT2D eigenvalue weighted by molar-refractivity contribution is -0.144. The summed E-state index contributed by atoms with van der Waals surface area (Å²) in [5, 5.41) is 12.1. The Morgan fingerprint density at radius 2 is 2.29 bits per heavy atom. The fourth-order valence-corrected chi connectivity index (χ4v) is 1.38. The van der Waals surface area contributed by atoms with Gasteiger partial charge in [0.2, 0.25) is 0 Å². The molecule has 1 atom stereocenters. The van der Waals surface area contributed by atoms with Gasteiger partial charge >= 0.3 is 5.97 Å². The molecule has 0 bridgehead atoms. The lowest BCUT2D eigenvalue weighted by atomic mass is 9.96. The smallest absolute Gasteiger partial charge is 0.323 e. The fourth-order valence-electron chi connectivity index (χ4n) is 1.38. The third kappa shape index (κ3) is 4.42. The van der Waals surface area contributed by atoms with E-state index in [9.17, 15) is 4.79 Å². The number of carbonyl (C=O) groups is 1. The van der Waals surface area contributed by atoms with Crippen LogP contribution in [-0.2, 0) is 4.79 Å². The molecule has 0 aliphatic carbocycles. The first kappa shape index (κ1) is 13.2. The van der Waals surface area contributed by atoms with Crippen LogP contribution in [0.5, 0.6) is 0 Å². The third-order valence-electron chi connectivity index (χ3n) is 2.32. The van der Waals surface area contributed by atoms with Crippen LogP contribution in [0.25, 0.3) is 0 Å². The zero-order valence-corrected chi connectivity index (χ0v) is 9.18. The Hall–Kier alpha value is -0.830. The van der Waals surface area contributed by atoms with Crippen LogP contribution in [0.3, 0.4) is 0 Å². The Morgan fingerprint density at radius 3 is 2.71 bits per heavy atom. The molecule has 0 aliphatic rings. The van der Waals surface area contributed by atoms with Gasteiger partial charge in [0.25, 0.3) is 0 Å². The molecule has 3 heteroatoms. The molecule has 2 N–H and O–H groups in total. The number of allylic oxidation sites excluding steroid dienone is 1. The summed E-state index contributed by atoms with van der Waals surface area (Å²) in [6.45, 7) is 8.09. The van der Waals surface area contributed by atoms with E-state index < -0.39 is 11.5 Å². The quantitative estimate of drug-likeness (QED) is 0.465. The van der Waals surface area contributed by atoms with Crippen molar-refractivity contribution in [1.29, 1.82) is 0 Å². The average Bonchev–Trinajstić information content (AvgIpc) is 2.13. The van der Waals surface area contributed by atoms with Crippen LogP contribution in [0.15, 0.2) is 12.7 Å². The minimum atomic E-state index is -0.768. The summed E-state index contributed by atoms with van der Waals surface area (Å²) in [6.07, 6.45) is 5.25. The molecular formula is C11H21NO2. The molecule has 1 unspecified atom stereocenters.